The molecule has 0 unspecified atom stereocenters. The predicted molar refractivity (Wildman–Crippen MR) is 108 cm³/mol. The predicted octanol–water partition coefficient (Wildman–Crippen LogP) is 4.00. The maximum Gasteiger partial charge on any atom is 0.316 e. The number of hydrogen-bond donors (Lipinski definition) is 1. The SMILES string of the molecule is CC(=O)c1ccc(NC(=O)[C@H](C)OC(=O)CSCc2ccc(C)cc2)cc1. The van der Waals surface area contributed by atoms with E-state index in [2.05, 4.69) is 5.32 Å². The Kier molecular flexibility index (Phi) is 7.61. The second-order valence-electron chi connectivity index (χ2n) is 6.23. The topological polar surface area (TPSA) is 72.5 Å². The lowest BCUT2D eigenvalue weighted by molar-refractivity contribution is -0.150. The van der Waals surface area contributed by atoms with Crippen LogP contribution in [0.5, 0.6) is 0 Å². The fraction of sp³-hybridized carbons (Fsp3) is 0.286. The van der Waals surface area contributed by atoms with E-state index in [1.165, 1.54) is 31.2 Å². The number of carbonyl (C=O) groups is 3. The normalized spacial score (nSPS) is 11.5. The van der Waals surface area contributed by atoms with Gasteiger partial charge in [-0.15, -0.1) is 11.8 Å². The highest BCUT2D eigenvalue weighted by Crippen LogP contribution is 2.14. The smallest absolute Gasteiger partial charge is 0.316 e. The third-order valence-electron chi connectivity index (χ3n) is 3.85. The number of rotatable bonds is 8. The van der Waals surface area contributed by atoms with Gasteiger partial charge < -0.3 is 10.1 Å². The van der Waals surface area contributed by atoms with Gasteiger partial charge in [0.1, 0.15) is 0 Å². The maximum atomic E-state index is 12.1. The molecule has 0 aliphatic carbocycles. The van der Waals surface area contributed by atoms with Gasteiger partial charge in [-0.05, 0) is 50.6 Å². The van der Waals surface area contributed by atoms with Gasteiger partial charge in [-0.2, -0.15) is 0 Å². The van der Waals surface area contributed by atoms with Crippen LogP contribution >= 0.6 is 11.8 Å². The average Bonchev–Trinajstić information content (AvgIpc) is 2.63. The van der Waals surface area contributed by atoms with E-state index in [-0.39, 0.29) is 11.5 Å². The summed E-state index contributed by atoms with van der Waals surface area (Å²) < 4.78 is 5.18. The summed E-state index contributed by atoms with van der Waals surface area (Å²) in [5.74, 6) is -0.000440. The number of benzene rings is 2. The minimum Gasteiger partial charge on any atom is -0.452 e. The Morgan fingerprint density at radius 2 is 1.67 bits per heavy atom. The molecule has 2 aromatic rings. The molecule has 0 heterocycles. The third-order valence-corrected chi connectivity index (χ3v) is 4.82. The molecule has 5 nitrogen and oxygen atoms in total. The van der Waals surface area contributed by atoms with Crippen LogP contribution < -0.4 is 5.32 Å². The summed E-state index contributed by atoms with van der Waals surface area (Å²) in [7, 11) is 0. The molecule has 0 aliphatic rings. The molecule has 1 atom stereocenters. The highest BCUT2D eigenvalue weighted by atomic mass is 32.2. The van der Waals surface area contributed by atoms with Gasteiger partial charge in [-0.3, -0.25) is 14.4 Å². The number of hydrogen-bond acceptors (Lipinski definition) is 5. The molecule has 6 heteroatoms. The second kappa shape index (κ2) is 9.92. The Morgan fingerprint density at radius 1 is 1.04 bits per heavy atom. The summed E-state index contributed by atoms with van der Waals surface area (Å²) >= 11 is 1.44. The molecule has 0 fully saturated rings. The summed E-state index contributed by atoms with van der Waals surface area (Å²) in [5, 5.41) is 2.67. The standard InChI is InChI=1S/C21H23NO4S/c1-14-4-6-17(7-5-14)12-27-13-20(24)26-16(3)21(25)22-19-10-8-18(9-11-19)15(2)23/h4-11,16H,12-13H2,1-3H3,(H,22,25)/t16-/m0/s1. The maximum absolute atomic E-state index is 12.1. The number of esters is 1. The van der Waals surface area contributed by atoms with Crippen LogP contribution in [-0.2, 0) is 20.1 Å². The van der Waals surface area contributed by atoms with Gasteiger partial charge >= 0.3 is 5.97 Å². The van der Waals surface area contributed by atoms with Crippen LogP contribution in [0.15, 0.2) is 48.5 Å². The van der Waals surface area contributed by atoms with Crippen LogP contribution in [0.25, 0.3) is 0 Å². The molecule has 0 radical (unpaired) electrons. The van der Waals surface area contributed by atoms with Crippen molar-refractivity contribution in [2.45, 2.75) is 32.6 Å². The van der Waals surface area contributed by atoms with Crippen molar-refractivity contribution in [3.8, 4) is 0 Å². The van der Waals surface area contributed by atoms with Gasteiger partial charge in [0, 0.05) is 17.0 Å². The van der Waals surface area contributed by atoms with Crippen molar-refractivity contribution in [3.05, 3.63) is 65.2 Å². The summed E-state index contributed by atoms with van der Waals surface area (Å²) in [6, 6.07) is 14.7. The van der Waals surface area contributed by atoms with Crippen molar-refractivity contribution >= 4 is 35.1 Å². The third kappa shape index (κ3) is 6.90. The number of ether oxygens (including phenoxy) is 1. The molecular formula is C21H23NO4S. The van der Waals surface area contributed by atoms with Crippen molar-refractivity contribution in [3.63, 3.8) is 0 Å². The van der Waals surface area contributed by atoms with Gasteiger partial charge in [0.15, 0.2) is 11.9 Å². The number of aryl methyl sites for hydroxylation is 1. The number of Topliss-reactive ketones (excluding diaryl/α,β-unsaturated/α-hetero) is 1. The fourth-order valence-electron chi connectivity index (χ4n) is 2.25. The van der Waals surface area contributed by atoms with Crippen molar-refractivity contribution in [1.29, 1.82) is 0 Å². The molecule has 2 aromatic carbocycles. The largest absolute Gasteiger partial charge is 0.452 e. The van der Waals surface area contributed by atoms with E-state index in [1.54, 1.807) is 24.3 Å². The molecule has 2 rings (SSSR count). The number of anilines is 1. The summed E-state index contributed by atoms with van der Waals surface area (Å²) in [4.78, 5) is 35.3. The molecule has 1 N–H and O–H groups in total. The molecule has 0 saturated carbocycles. The van der Waals surface area contributed by atoms with Crippen molar-refractivity contribution in [2.24, 2.45) is 0 Å². The van der Waals surface area contributed by atoms with Crippen molar-refractivity contribution in [1.82, 2.24) is 0 Å². The summed E-state index contributed by atoms with van der Waals surface area (Å²) in [6.45, 7) is 5.03. The van der Waals surface area contributed by atoms with Gasteiger partial charge in [0.05, 0.1) is 5.75 Å². The molecule has 0 bridgehead atoms. The van der Waals surface area contributed by atoms with Crippen LogP contribution in [0.3, 0.4) is 0 Å². The van der Waals surface area contributed by atoms with E-state index in [0.29, 0.717) is 17.0 Å². The van der Waals surface area contributed by atoms with E-state index in [1.807, 2.05) is 31.2 Å². The molecule has 0 saturated heterocycles. The molecule has 0 spiro atoms. The first kappa shape index (κ1) is 20.7. The van der Waals surface area contributed by atoms with Crippen molar-refractivity contribution in [2.75, 3.05) is 11.1 Å². The minimum absolute atomic E-state index is 0.0432. The average molecular weight is 385 g/mol. The van der Waals surface area contributed by atoms with Crippen molar-refractivity contribution < 1.29 is 19.1 Å². The summed E-state index contributed by atoms with van der Waals surface area (Å²) in [5.41, 5.74) is 3.44. The van der Waals surface area contributed by atoms with E-state index in [9.17, 15) is 14.4 Å². The highest BCUT2D eigenvalue weighted by Gasteiger charge is 2.18. The van der Waals surface area contributed by atoms with Gasteiger partial charge in [-0.25, -0.2) is 0 Å². The number of amides is 1. The van der Waals surface area contributed by atoms with E-state index >= 15 is 0 Å². The second-order valence-corrected chi connectivity index (χ2v) is 7.22. The Balaban J connectivity index is 1.75. The Labute approximate surface area is 163 Å². The molecule has 0 aromatic heterocycles. The van der Waals surface area contributed by atoms with Crippen LogP contribution in [0.1, 0.15) is 35.3 Å². The van der Waals surface area contributed by atoms with Crippen LogP contribution in [0.4, 0.5) is 5.69 Å². The minimum atomic E-state index is -0.898. The molecule has 0 aliphatic heterocycles. The number of thioether (sulfide) groups is 1. The molecule has 1 amide bonds. The molecular weight excluding hydrogens is 362 g/mol. The zero-order valence-corrected chi connectivity index (χ0v) is 16.5. The number of nitrogens with one attached hydrogen (secondary N) is 1. The zero-order chi connectivity index (χ0) is 19.8. The first-order chi connectivity index (χ1) is 12.8. The van der Waals surface area contributed by atoms with E-state index < -0.39 is 18.0 Å². The monoisotopic (exact) mass is 385 g/mol. The fourth-order valence-corrected chi connectivity index (χ4v) is 3.02. The Bertz CT molecular complexity index is 800. The summed E-state index contributed by atoms with van der Waals surface area (Å²) in [6.07, 6.45) is -0.898. The first-order valence-electron chi connectivity index (χ1n) is 8.60. The van der Waals surface area contributed by atoms with E-state index in [4.69, 9.17) is 4.74 Å². The van der Waals surface area contributed by atoms with Crippen LogP contribution in [0.2, 0.25) is 0 Å². The van der Waals surface area contributed by atoms with Gasteiger partial charge in [0.25, 0.3) is 5.91 Å². The van der Waals surface area contributed by atoms with Gasteiger partial charge in [-0.1, -0.05) is 29.8 Å². The lowest BCUT2D eigenvalue weighted by Crippen LogP contribution is -2.30. The lowest BCUT2D eigenvalue weighted by Gasteiger charge is -2.13. The quantitative estimate of drug-likeness (QED) is 0.549. The molecule has 142 valence electrons. The Morgan fingerprint density at radius 3 is 2.26 bits per heavy atom. The highest BCUT2D eigenvalue weighted by molar-refractivity contribution is 7.99. The van der Waals surface area contributed by atoms with Crippen LogP contribution in [0, 0.1) is 6.92 Å². The van der Waals surface area contributed by atoms with E-state index in [0.717, 1.165) is 5.56 Å². The molecule has 27 heavy (non-hydrogen) atoms. The Hall–Kier alpha value is -2.60. The van der Waals surface area contributed by atoms with Gasteiger partial charge in [0.2, 0.25) is 0 Å². The lowest BCUT2D eigenvalue weighted by atomic mass is 10.1. The number of carbonyl (C=O) groups excluding carboxylic acids is 3. The number of ketones is 1. The zero-order valence-electron chi connectivity index (χ0n) is 15.7. The first-order valence-corrected chi connectivity index (χ1v) is 9.75. The van der Waals surface area contributed by atoms with Crippen LogP contribution in [-0.4, -0.2) is 29.5 Å².